The van der Waals surface area contributed by atoms with Gasteiger partial charge in [0.2, 0.25) is 6.79 Å². The van der Waals surface area contributed by atoms with Crippen LogP contribution in [-0.2, 0) is 16.7 Å². The molecule has 0 radical (unpaired) electrons. The lowest BCUT2D eigenvalue weighted by Crippen LogP contribution is -2.41. The van der Waals surface area contributed by atoms with Gasteiger partial charge < -0.3 is 24.8 Å². The van der Waals surface area contributed by atoms with Gasteiger partial charge in [-0.3, -0.25) is 9.67 Å². The molecule has 1 aromatic heterocycles. The molecule has 174 valence electrons. The third-order valence-electron chi connectivity index (χ3n) is 6.26. The number of fused-ring (bicyclic) bond motifs is 1. The molecular formula is C24H35N5O3. The summed E-state index contributed by atoms with van der Waals surface area (Å²) in [6.45, 7) is 11.3. The number of benzene rings is 1. The third-order valence-corrected chi connectivity index (χ3v) is 6.26. The van der Waals surface area contributed by atoms with Crippen molar-refractivity contribution in [1.29, 1.82) is 0 Å². The van der Waals surface area contributed by atoms with Gasteiger partial charge in [0, 0.05) is 44.0 Å². The molecule has 8 nitrogen and oxygen atoms in total. The smallest absolute Gasteiger partial charge is 0.231 e. The Morgan fingerprint density at radius 3 is 2.69 bits per heavy atom. The van der Waals surface area contributed by atoms with Crippen LogP contribution in [0, 0.1) is 13.8 Å². The maximum atomic E-state index is 5.68. The molecule has 0 bridgehead atoms. The van der Waals surface area contributed by atoms with E-state index in [1.54, 1.807) is 0 Å². The van der Waals surface area contributed by atoms with E-state index in [9.17, 15) is 0 Å². The first-order valence-electron chi connectivity index (χ1n) is 11.6. The number of hydrogen-bond donors (Lipinski definition) is 2. The molecule has 0 saturated carbocycles. The quantitative estimate of drug-likeness (QED) is 0.372. The van der Waals surface area contributed by atoms with Gasteiger partial charge >= 0.3 is 0 Å². The first kappa shape index (κ1) is 22.5. The van der Waals surface area contributed by atoms with Crippen molar-refractivity contribution in [2.24, 2.45) is 4.99 Å². The van der Waals surface area contributed by atoms with Crippen molar-refractivity contribution in [2.75, 3.05) is 39.6 Å². The third kappa shape index (κ3) is 5.18. The van der Waals surface area contributed by atoms with Crippen LogP contribution in [0.5, 0.6) is 11.5 Å². The number of nitrogens with one attached hydrogen (secondary N) is 2. The fraction of sp³-hybridized carbons (Fsp3) is 0.583. The Morgan fingerprint density at radius 2 is 1.94 bits per heavy atom. The zero-order valence-corrected chi connectivity index (χ0v) is 19.4. The molecule has 2 aliphatic rings. The van der Waals surface area contributed by atoms with Crippen LogP contribution in [0.25, 0.3) is 0 Å². The topological polar surface area (TPSA) is 81.9 Å². The molecule has 0 unspecified atom stereocenters. The van der Waals surface area contributed by atoms with E-state index in [1.807, 2.05) is 13.0 Å². The van der Waals surface area contributed by atoms with E-state index in [2.05, 4.69) is 52.5 Å². The highest BCUT2D eigenvalue weighted by atomic mass is 16.7. The number of hydrogen-bond acceptors (Lipinski definition) is 5. The number of rotatable bonds is 8. The number of aromatic nitrogens is 2. The molecule has 3 heterocycles. The van der Waals surface area contributed by atoms with Gasteiger partial charge in [0.25, 0.3) is 0 Å². The number of aryl methyl sites for hydroxylation is 3. The maximum absolute atomic E-state index is 5.68. The number of aliphatic imine (C=N–C) groups is 1. The lowest BCUT2D eigenvalue weighted by molar-refractivity contribution is 0.0530. The summed E-state index contributed by atoms with van der Waals surface area (Å²) in [5.41, 5.74) is 3.45. The van der Waals surface area contributed by atoms with Gasteiger partial charge in [0.05, 0.1) is 12.2 Å². The normalized spacial score (nSPS) is 17.4. The average molecular weight is 442 g/mol. The second-order valence-corrected chi connectivity index (χ2v) is 8.59. The van der Waals surface area contributed by atoms with Gasteiger partial charge in [-0.2, -0.15) is 5.10 Å². The summed E-state index contributed by atoms with van der Waals surface area (Å²) >= 11 is 0. The minimum atomic E-state index is -0.0642. The first-order chi connectivity index (χ1) is 15.6. The lowest BCUT2D eigenvalue weighted by atomic mass is 9.74. The van der Waals surface area contributed by atoms with Gasteiger partial charge in [-0.05, 0) is 63.8 Å². The van der Waals surface area contributed by atoms with Crippen molar-refractivity contribution in [3.63, 3.8) is 0 Å². The average Bonchev–Trinajstić information content (AvgIpc) is 3.40. The second kappa shape index (κ2) is 10.3. The van der Waals surface area contributed by atoms with Gasteiger partial charge in [-0.25, -0.2) is 0 Å². The van der Waals surface area contributed by atoms with E-state index in [0.717, 1.165) is 75.3 Å². The Labute approximate surface area is 190 Å². The summed E-state index contributed by atoms with van der Waals surface area (Å²) in [6.07, 6.45) is 2.86. The first-order valence-corrected chi connectivity index (χ1v) is 11.6. The molecule has 4 rings (SSSR count). The Bertz CT molecular complexity index is 934. The summed E-state index contributed by atoms with van der Waals surface area (Å²) in [5, 5.41) is 11.4. The summed E-state index contributed by atoms with van der Waals surface area (Å²) in [5.74, 6) is 2.50. The fourth-order valence-electron chi connectivity index (χ4n) is 4.44. The Kier molecular flexibility index (Phi) is 7.19. The molecule has 0 aliphatic carbocycles. The molecule has 1 saturated heterocycles. The van der Waals surface area contributed by atoms with Crippen molar-refractivity contribution in [2.45, 2.75) is 52.0 Å². The van der Waals surface area contributed by atoms with Crippen molar-refractivity contribution in [3.05, 3.63) is 41.2 Å². The monoisotopic (exact) mass is 441 g/mol. The van der Waals surface area contributed by atoms with Gasteiger partial charge in [-0.15, -0.1) is 0 Å². The maximum Gasteiger partial charge on any atom is 0.231 e. The van der Waals surface area contributed by atoms with Crippen LogP contribution in [0.1, 0.15) is 43.1 Å². The van der Waals surface area contributed by atoms with Crippen molar-refractivity contribution in [3.8, 4) is 11.5 Å². The highest BCUT2D eigenvalue weighted by Crippen LogP contribution is 2.41. The summed E-state index contributed by atoms with van der Waals surface area (Å²) in [7, 11) is 0. The zero-order chi connectivity index (χ0) is 22.4. The van der Waals surface area contributed by atoms with Crippen LogP contribution in [0.3, 0.4) is 0 Å². The Hall–Kier alpha value is -2.74. The number of guanidine groups is 1. The van der Waals surface area contributed by atoms with E-state index >= 15 is 0 Å². The zero-order valence-electron chi connectivity index (χ0n) is 19.4. The molecule has 8 heteroatoms. The molecule has 0 amide bonds. The van der Waals surface area contributed by atoms with Gasteiger partial charge in [0.1, 0.15) is 0 Å². The van der Waals surface area contributed by atoms with E-state index in [1.165, 1.54) is 11.3 Å². The van der Waals surface area contributed by atoms with Crippen molar-refractivity contribution in [1.82, 2.24) is 20.4 Å². The second-order valence-electron chi connectivity index (χ2n) is 8.59. The predicted molar refractivity (Wildman–Crippen MR) is 125 cm³/mol. The molecule has 1 aromatic carbocycles. The predicted octanol–water partition coefficient (Wildman–Crippen LogP) is 2.92. The van der Waals surface area contributed by atoms with Crippen LogP contribution < -0.4 is 20.1 Å². The van der Waals surface area contributed by atoms with Gasteiger partial charge in [-0.1, -0.05) is 6.07 Å². The van der Waals surface area contributed by atoms with E-state index < -0.39 is 0 Å². The molecule has 2 aromatic rings. The molecule has 2 N–H and O–H groups in total. The largest absolute Gasteiger partial charge is 0.454 e. The Balaban J connectivity index is 1.41. The number of nitrogens with zero attached hydrogens (tertiary/aromatic N) is 3. The fourth-order valence-corrected chi connectivity index (χ4v) is 4.44. The Morgan fingerprint density at radius 1 is 1.12 bits per heavy atom. The van der Waals surface area contributed by atoms with Gasteiger partial charge in [0.15, 0.2) is 17.5 Å². The standard InChI is InChI=1S/C24H35N5O3/c1-4-25-23(26-10-5-11-29-19(3)14-18(2)28-29)27-16-24(8-12-30-13-9-24)20-6-7-21-22(15-20)32-17-31-21/h6-7,14-15H,4-5,8-13,16-17H2,1-3H3,(H2,25,26,27). The summed E-state index contributed by atoms with van der Waals surface area (Å²) in [6, 6.07) is 8.41. The minimum absolute atomic E-state index is 0.0642. The highest BCUT2D eigenvalue weighted by molar-refractivity contribution is 5.79. The summed E-state index contributed by atoms with van der Waals surface area (Å²) in [4.78, 5) is 4.99. The molecular weight excluding hydrogens is 406 g/mol. The molecule has 0 spiro atoms. The van der Waals surface area contributed by atoms with E-state index in [-0.39, 0.29) is 5.41 Å². The molecule has 0 atom stereocenters. The SMILES string of the molecule is CCNC(=NCC1(c2ccc3c(c2)OCO3)CCOCC1)NCCCn1nc(C)cc1C. The minimum Gasteiger partial charge on any atom is -0.454 e. The van der Waals surface area contributed by atoms with Crippen LogP contribution in [0.15, 0.2) is 29.3 Å². The molecule has 1 fully saturated rings. The van der Waals surface area contributed by atoms with Crippen LogP contribution in [0.4, 0.5) is 0 Å². The van der Waals surface area contributed by atoms with Crippen LogP contribution in [-0.4, -0.2) is 55.4 Å². The molecule has 2 aliphatic heterocycles. The summed E-state index contributed by atoms with van der Waals surface area (Å²) < 4.78 is 18.9. The van der Waals surface area contributed by atoms with Crippen LogP contribution >= 0.6 is 0 Å². The lowest BCUT2D eigenvalue weighted by Gasteiger charge is -2.36. The van der Waals surface area contributed by atoms with E-state index in [4.69, 9.17) is 19.2 Å². The van der Waals surface area contributed by atoms with Crippen molar-refractivity contribution < 1.29 is 14.2 Å². The van der Waals surface area contributed by atoms with Crippen LogP contribution in [0.2, 0.25) is 0 Å². The van der Waals surface area contributed by atoms with E-state index in [0.29, 0.717) is 13.3 Å². The molecule has 32 heavy (non-hydrogen) atoms. The van der Waals surface area contributed by atoms with Crippen molar-refractivity contribution >= 4 is 5.96 Å². The number of ether oxygens (including phenoxy) is 3. The highest BCUT2D eigenvalue weighted by Gasteiger charge is 2.35.